The van der Waals surface area contributed by atoms with Crippen LogP contribution in [0.4, 0.5) is 5.69 Å². The Kier molecular flexibility index (Phi) is 4.01. The Morgan fingerprint density at radius 1 is 1.38 bits per heavy atom. The van der Waals surface area contributed by atoms with E-state index in [1.54, 1.807) is 5.38 Å². The number of rotatable bonds is 2. The van der Waals surface area contributed by atoms with Crippen molar-refractivity contribution in [3.8, 4) is 0 Å². The van der Waals surface area contributed by atoms with Crippen LogP contribution >= 0.6 is 11.3 Å². The van der Waals surface area contributed by atoms with Gasteiger partial charge in [-0.2, -0.15) is 0 Å². The third-order valence-corrected chi connectivity index (χ3v) is 4.49. The molecule has 1 aliphatic rings. The molecule has 5 nitrogen and oxygen atoms in total. The molecule has 21 heavy (non-hydrogen) atoms. The molecule has 2 aromatic rings. The van der Waals surface area contributed by atoms with E-state index in [1.165, 1.54) is 16.9 Å². The number of anilines is 1. The maximum atomic E-state index is 12.8. The number of amides is 1. The van der Waals surface area contributed by atoms with E-state index in [2.05, 4.69) is 23.0 Å². The first-order chi connectivity index (χ1) is 10.2. The van der Waals surface area contributed by atoms with Crippen molar-refractivity contribution in [1.82, 2.24) is 9.88 Å². The molecule has 0 spiro atoms. The molecule has 2 N–H and O–H groups in total. The second-order valence-corrected chi connectivity index (χ2v) is 6.10. The van der Waals surface area contributed by atoms with E-state index < -0.39 is 0 Å². The summed E-state index contributed by atoms with van der Waals surface area (Å²) in [6.45, 7) is 2.73. The summed E-state index contributed by atoms with van der Waals surface area (Å²) >= 11 is 1.43. The molecule has 1 aromatic heterocycles. The van der Waals surface area contributed by atoms with E-state index >= 15 is 0 Å². The minimum Gasteiger partial charge on any atom is -0.325 e. The summed E-state index contributed by atoms with van der Waals surface area (Å²) in [7, 11) is 2.07. The zero-order chi connectivity index (χ0) is 14.8. The topological polar surface area (TPSA) is 62.5 Å². The van der Waals surface area contributed by atoms with Gasteiger partial charge in [-0.25, -0.2) is 4.98 Å². The van der Waals surface area contributed by atoms with E-state index in [0.717, 1.165) is 23.8 Å². The van der Waals surface area contributed by atoms with E-state index in [9.17, 15) is 4.79 Å². The lowest BCUT2D eigenvalue weighted by Crippen LogP contribution is -2.35. The van der Waals surface area contributed by atoms with E-state index in [0.29, 0.717) is 18.8 Å². The predicted octanol–water partition coefficient (Wildman–Crippen LogP) is 1.69. The van der Waals surface area contributed by atoms with Gasteiger partial charge in [0.25, 0.3) is 5.91 Å². The van der Waals surface area contributed by atoms with Crippen molar-refractivity contribution >= 4 is 22.9 Å². The van der Waals surface area contributed by atoms with Gasteiger partial charge < -0.3 is 15.5 Å². The highest BCUT2D eigenvalue weighted by Gasteiger charge is 2.25. The van der Waals surface area contributed by atoms with Crippen LogP contribution in [0.15, 0.2) is 29.6 Å². The molecule has 0 saturated heterocycles. The number of carbonyl (C=O) groups excluding carboxylic acids is 1. The molecule has 0 radical (unpaired) electrons. The lowest BCUT2D eigenvalue weighted by molar-refractivity contribution is 0.0981. The average Bonchev–Trinajstić information content (AvgIpc) is 2.91. The fourth-order valence-electron chi connectivity index (χ4n) is 2.52. The molecular weight excluding hydrogens is 284 g/mol. The first-order valence-electron chi connectivity index (χ1n) is 6.92. The summed E-state index contributed by atoms with van der Waals surface area (Å²) in [5, 5.41) is 2.58. The molecule has 0 bridgehead atoms. The molecule has 2 heterocycles. The second kappa shape index (κ2) is 5.93. The Morgan fingerprint density at radius 2 is 2.19 bits per heavy atom. The maximum absolute atomic E-state index is 12.8. The Balaban J connectivity index is 1.95. The smallest absolute Gasteiger partial charge is 0.277 e. The number of thiazole rings is 1. The molecule has 0 unspecified atom stereocenters. The first kappa shape index (κ1) is 14.2. The van der Waals surface area contributed by atoms with Gasteiger partial charge in [0, 0.05) is 37.2 Å². The highest BCUT2D eigenvalue weighted by molar-refractivity contribution is 7.09. The molecule has 1 amide bonds. The SMILES string of the molecule is CN1CCN(C(=O)c2csc(CN)n2)c2ccccc2C1. The highest BCUT2D eigenvalue weighted by atomic mass is 32.1. The minimum atomic E-state index is -0.0475. The van der Waals surface area contributed by atoms with Gasteiger partial charge in [-0.3, -0.25) is 4.79 Å². The summed E-state index contributed by atoms with van der Waals surface area (Å²) in [5.74, 6) is -0.0475. The largest absolute Gasteiger partial charge is 0.325 e. The molecule has 0 saturated carbocycles. The molecule has 0 aliphatic carbocycles. The predicted molar refractivity (Wildman–Crippen MR) is 84.5 cm³/mol. The Labute approximate surface area is 128 Å². The number of likely N-dealkylation sites (N-methyl/N-ethyl adjacent to an activating group) is 1. The summed E-state index contributed by atoms with van der Waals surface area (Å²) in [6, 6.07) is 8.05. The molecule has 1 aliphatic heterocycles. The standard InChI is InChI=1S/C15H18N4OS/c1-18-6-7-19(13-5-3-2-4-11(13)9-18)15(20)12-10-21-14(8-16)17-12/h2-5,10H,6-9,16H2,1H3. The van der Waals surface area contributed by atoms with E-state index in [4.69, 9.17) is 5.73 Å². The number of hydrogen-bond acceptors (Lipinski definition) is 5. The molecule has 1 aromatic carbocycles. The molecule has 0 atom stereocenters. The van der Waals surface area contributed by atoms with Gasteiger partial charge in [-0.15, -0.1) is 11.3 Å². The minimum absolute atomic E-state index is 0.0475. The van der Waals surface area contributed by atoms with Crippen molar-refractivity contribution in [2.75, 3.05) is 25.0 Å². The van der Waals surface area contributed by atoms with E-state index in [1.807, 2.05) is 23.1 Å². The van der Waals surface area contributed by atoms with Gasteiger partial charge in [0.2, 0.25) is 0 Å². The van der Waals surface area contributed by atoms with Gasteiger partial charge in [0.1, 0.15) is 10.7 Å². The zero-order valence-corrected chi connectivity index (χ0v) is 12.8. The van der Waals surface area contributed by atoms with Crippen LogP contribution < -0.4 is 10.6 Å². The number of nitrogens with zero attached hydrogens (tertiary/aromatic N) is 3. The van der Waals surface area contributed by atoms with Gasteiger partial charge >= 0.3 is 0 Å². The van der Waals surface area contributed by atoms with Crippen molar-refractivity contribution in [2.24, 2.45) is 5.73 Å². The summed E-state index contributed by atoms with van der Waals surface area (Å²) in [6.07, 6.45) is 0. The fourth-order valence-corrected chi connectivity index (χ4v) is 3.17. The molecule has 6 heteroatoms. The number of fused-ring (bicyclic) bond motifs is 1. The van der Waals surface area contributed by atoms with Crippen LogP contribution in [-0.2, 0) is 13.1 Å². The average molecular weight is 302 g/mol. The summed E-state index contributed by atoms with van der Waals surface area (Å²) < 4.78 is 0. The van der Waals surface area contributed by atoms with Crippen LogP contribution in [0.5, 0.6) is 0 Å². The van der Waals surface area contributed by atoms with Crippen LogP contribution in [0, 0.1) is 0 Å². The lowest BCUT2D eigenvalue weighted by Gasteiger charge is -2.21. The Hall–Kier alpha value is -1.76. The van der Waals surface area contributed by atoms with Crippen LogP contribution in [0.3, 0.4) is 0 Å². The molecular formula is C15H18N4OS. The number of para-hydroxylation sites is 1. The van der Waals surface area contributed by atoms with Crippen molar-refractivity contribution in [3.05, 3.63) is 45.9 Å². The van der Waals surface area contributed by atoms with Gasteiger partial charge in [0.05, 0.1) is 0 Å². The Morgan fingerprint density at radius 3 is 2.95 bits per heavy atom. The molecule has 0 fully saturated rings. The van der Waals surface area contributed by atoms with Crippen molar-refractivity contribution in [3.63, 3.8) is 0 Å². The first-order valence-corrected chi connectivity index (χ1v) is 7.80. The number of carbonyl (C=O) groups is 1. The quantitative estimate of drug-likeness (QED) is 0.917. The van der Waals surface area contributed by atoms with Crippen LogP contribution in [0.1, 0.15) is 21.1 Å². The van der Waals surface area contributed by atoms with Crippen molar-refractivity contribution in [2.45, 2.75) is 13.1 Å². The van der Waals surface area contributed by atoms with Crippen LogP contribution in [0.25, 0.3) is 0 Å². The monoisotopic (exact) mass is 302 g/mol. The highest BCUT2D eigenvalue weighted by Crippen LogP contribution is 2.26. The number of benzene rings is 1. The van der Waals surface area contributed by atoms with E-state index in [-0.39, 0.29) is 5.91 Å². The molecule has 110 valence electrons. The third kappa shape index (κ3) is 2.83. The third-order valence-electron chi connectivity index (χ3n) is 3.62. The van der Waals surface area contributed by atoms with Crippen molar-refractivity contribution in [1.29, 1.82) is 0 Å². The van der Waals surface area contributed by atoms with Gasteiger partial charge in [0.15, 0.2) is 0 Å². The van der Waals surface area contributed by atoms with Crippen LogP contribution in [0.2, 0.25) is 0 Å². The number of aromatic nitrogens is 1. The zero-order valence-electron chi connectivity index (χ0n) is 12.0. The van der Waals surface area contributed by atoms with Crippen LogP contribution in [-0.4, -0.2) is 35.9 Å². The Bertz CT molecular complexity index is 655. The molecule has 3 rings (SSSR count). The fraction of sp³-hybridized carbons (Fsp3) is 0.333. The van der Waals surface area contributed by atoms with Gasteiger partial charge in [-0.1, -0.05) is 18.2 Å². The van der Waals surface area contributed by atoms with Crippen molar-refractivity contribution < 1.29 is 4.79 Å². The second-order valence-electron chi connectivity index (χ2n) is 5.15. The number of hydrogen-bond donors (Lipinski definition) is 1. The maximum Gasteiger partial charge on any atom is 0.277 e. The van der Waals surface area contributed by atoms with Gasteiger partial charge in [-0.05, 0) is 18.7 Å². The summed E-state index contributed by atoms with van der Waals surface area (Å²) in [4.78, 5) is 21.1. The number of nitrogens with two attached hydrogens (primary N) is 1. The lowest BCUT2D eigenvalue weighted by atomic mass is 10.1. The normalized spacial score (nSPS) is 15.6. The summed E-state index contributed by atoms with van der Waals surface area (Å²) in [5.41, 5.74) is 8.21.